The third kappa shape index (κ3) is 1.68. The van der Waals surface area contributed by atoms with E-state index in [1.54, 1.807) is 4.90 Å². The number of fused-ring (bicyclic) bond motifs is 5. The molecule has 126 valence electrons. The Kier molecular flexibility index (Phi) is 2.69. The minimum Gasteiger partial charge on any atom is -0.467 e. The third-order valence-electron chi connectivity index (χ3n) is 5.76. The van der Waals surface area contributed by atoms with Crippen molar-refractivity contribution in [3.05, 3.63) is 58.3 Å². The number of benzene rings is 1. The zero-order valence-electron chi connectivity index (χ0n) is 14.2. The Hall–Kier alpha value is -2.82. The summed E-state index contributed by atoms with van der Waals surface area (Å²) in [5.41, 5.74) is 4.95. The number of carbonyl (C=O) groups excluding carboxylic acids is 2. The van der Waals surface area contributed by atoms with Gasteiger partial charge < -0.3 is 14.6 Å². The fraction of sp³-hybridized carbons (Fsp3) is 0.300. The van der Waals surface area contributed by atoms with Crippen LogP contribution in [0.2, 0.25) is 0 Å². The van der Waals surface area contributed by atoms with Crippen molar-refractivity contribution in [3.8, 4) is 0 Å². The first kappa shape index (κ1) is 14.5. The Morgan fingerprint density at radius 3 is 2.88 bits per heavy atom. The summed E-state index contributed by atoms with van der Waals surface area (Å²) in [5.74, 6) is -0.427. The number of hydrogen-bond acceptors (Lipinski definition) is 3. The number of rotatable bonds is 1. The maximum Gasteiger partial charge on any atom is 0.336 e. The molecule has 0 spiro atoms. The number of aromatic amines is 1. The summed E-state index contributed by atoms with van der Waals surface area (Å²) in [5, 5.41) is 1.11. The zero-order valence-corrected chi connectivity index (χ0v) is 14.2. The highest BCUT2D eigenvalue weighted by Gasteiger charge is 2.54. The van der Waals surface area contributed by atoms with Crippen molar-refractivity contribution in [1.82, 2.24) is 9.88 Å². The molecule has 1 aromatic carbocycles. The zero-order chi connectivity index (χ0) is 17.3. The number of methoxy groups -OCH3 is 1. The van der Waals surface area contributed by atoms with Crippen molar-refractivity contribution < 1.29 is 14.3 Å². The second-order valence-corrected chi connectivity index (χ2v) is 7.11. The van der Waals surface area contributed by atoms with Gasteiger partial charge in [0.15, 0.2) is 5.54 Å². The number of H-pyrrole nitrogens is 1. The minimum atomic E-state index is -1.04. The lowest BCUT2D eigenvalue weighted by Gasteiger charge is -2.48. The topological polar surface area (TPSA) is 62.4 Å². The summed E-state index contributed by atoms with van der Waals surface area (Å²) in [4.78, 5) is 31.0. The number of nitrogens with one attached hydrogen (secondary N) is 1. The molecular formula is C20H18N2O3. The fourth-order valence-electron chi connectivity index (χ4n) is 4.55. The highest BCUT2D eigenvalue weighted by atomic mass is 16.5. The van der Waals surface area contributed by atoms with Crippen molar-refractivity contribution in [1.29, 1.82) is 0 Å². The van der Waals surface area contributed by atoms with Gasteiger partial charge in [0, 0.05) is 28.6 Å². The van der Waals surface area contributed by atoms with Crippen LogP contribution in [0.15, 0.2) is 47.1 Å². The van der Waals surface area contributed by atoms with E-state index in [1.807, 2.05) is 31.2 Å². The maximum absolute atomic E-state index is 13.1. The van der Waals surface area contributed by atoms with E-state index in [2.05, 4.69) is 11.1 Å². The minimum absolute atomic E-state index is 0.0593. The predicted octanol–water partition coefficient (Wildman–Crippen LogP) is 2.62. The number of nitrogens with zero attached hydrogens (tertiary/aromatic N) is 1. The Bertz CT molecular complexity index is 1030. The lowest BCUT2D eigenvalue weighted by Crippen LogP contribution is -2.62. The van der Waals surface area contributed by atoms with Crippen LogP contribution in [0.5, 0.6) is 0 Å². The summed E-state index contributed by atoms with van der Waals surface area (Å²) in [7, 11) is 1.39. The summed E-state index contributed by atoms with van der Waals surface area (Å²) < 4.78 is 5.13. The van der Waals surface area contributed by atoms with Crippen LogP contribution < -0.4 is 0 Å². The van der Waals surface area contributed by atoms with Crippen molar-refractivity contribution in [2.45, 2.75) is 31.8 Å². The maximum atomic E-state index is 13.1. The second-order valence-electron chi connectivity index (χ2n) is 7.11. The van der Waals surface area contributed by atoms with Gasteiger partial charge in [0.05, 0.1) is 13.7 Å². The van der Waals surface area contributed by atoms with E-state index >= 15 is 0 Å². The van der Waals surface area contributed by atoms with Crippen molar-refractivity contribution in [3.63, 3.8) is 0 Å². The molecule has 2 aliphatic heterocycles. The quantitative estimate of drug-likeness (QED) is 0.816. The molecule has 25 heavy (non-hydrogen) atoms. The Balaban J connectivity index is 1.75. The molecule has 0 fully saturated rings. The molecule has 0 bridgehead atoms. The van der Waals surface area contributed by atoms with Gasteiger partial charge in [-0.25, -0.2) is 4.79 Å². The number of esters is 1. The molecule has 3 aliphatic rings. The van der Waals surface area contributed by atoms with Gasteiger partial charge in [0.2, 0.25) is 0 Å². The van der Waals surface area contributed by atoms with Gasteiger partial charge in [-0.3, -0.25) is 4.79 Å². The van der Waals surface area contributed by atoms with Gasteiger partial charge in [-0.15, -0.1) is 0 Å². The second kappa shape index (κ2) is 4.63. The van der Waals surface area contributed by atoms with Crippen LogP contribution in [-0.4, -0.2) is 34.4 Å². The molecule has 1 aliphatic carbocycles. The fourth-order valence-corrected chi connectivity index (χ4v) is 4.55. The highest BCUT2D eigenvalue weighted by Crippen LogP contribution is 2.47. The number of aromatic nitrogens is 1. The SMILES string of the molecule is COC(=O)C12C=C3CC(C)=C3C(=O)N1Cc1[nH]c3ccccc3c1C2. The largest absolute Gasteiger partial charge is 0.467 e. The molecule has 0 saturated heterocycles. The summed E-state index contributed by atoms with van der Waals surface area (Å²) in [6.07, 6.45) is 3.18. The van der Waals surface area contributed by atoms with Crippen LogP contribution in [0, 0.1) is 0 Å². The lowest BCUT2D eigenvalue weighted by molar-refractivity contribution is -0.159. The lowest BCUT2D eigenvalue weighted by atomic mass is 9.71. The molecule has 1 atom stereocenters. The highest BCUT2D eigenvalue weighted by molar-refractivity contribution is 6.07. The first-order chi connectivity index (χ1) is 12.0. The molecule has 1 unspecified atom stereocenters. The van der Waals surface area contributed by atoms with Crippen LogP contribution >= 0.6 is 0 Å². The smallest absolute Gasteiger partial charge is 0.336 e. The van der Waals surface area contributed by atoms with Gasteiger partial charge in [-0.1, -0.05) is 23.8 Å². The standard InChI is InChI=1S/C20H18N2O3/c1-11-7-12-8-20(19(24)25-2)9-14-13-5-3-4-6-15(13)21-16(14)10-22(20)18(23)17(11)12/h3-6,8,21H,7,9-10H2,1-2H3. The average Bonchev–Trinajstić information content (AvgIpc) is 2.96. The molecule has 0 radical (unpaired) electrons. The van der Waals surface area contributed by atoms with E-state index in [4.69, 9.17) is 4.74 Å². The molecule has 0 saturated carbocycles. The van der Waals surface area contributed by atoms with Gasteiger partial charge in [0.1, 0.15) is 0 Å². The van der Waals surface area contributed by atoms with Gasteiger partial charge in [-0.05, 0) is 36.6 Å². The van der Waals surface area contributed by atoms with E-state index in [1.165, 1.54) is 7.11 Å². The van der Waals surface area contributed by atoms with E-state index in [9.17, 15) is 9.59 Å². The van der Waals surface area contributed by atoms with E-state index in [-0.39, 0.29) is 11.9 Å². The summed E-state index contributed by atoms with van der Waals surface area (Å²) >= 11 is 0. The number of hydrogen-bond donors (Lipinski definition) is 1. The third-order valence-corrected chi connectivity index (χ3v) is 5.76. The normalized spacial score (nSPS) is 24.3. The molecule has 5 nitrogen and oxygen atoms in total. The predicted molar refractivity (Wildman–Crippen MR) is 92.7 cm³/mol. The number of ether oxygens (including phenoxy) is 1. The molecule has 3 heterocycles. The van der Waals surface area contributed by atoms with Gasteiger partial charge >= 0.3 is 5.97 Å². The van der Waals surface area contributed by atoms with E-state index in [0.29, 0.717) is 13.0 Å². The van der Waals surface area contributed by atoms with E-state index < -0.39 is 5.54 Å². The molecular weight excluding hydrogens is 316 g/mol. The molecule has 5 rings (SSSR count). The van der Waals surface area contributed by atoms with E-state index in [0.717, 1.165) is 45.3 Å². The van der Waals surface area contributed by atoms with Crippen molar-refractivity contribution >= 4 is 22.8 Å². The Morgan fingerprint density at radius 1 is 1.32 bits per heavy atom. The average molecular weight is 334 g/mol. The molecule has 1 aromatic heterocycles. The molecule has 1 N–H and O–H groups in total. The number of para-hydroxylation sites is 1. The first-order valence-electron chi connectivity index (χ1n) is 8.46. The van der Waals surface area contributed by atoms with Crippen molar-refractivity contribution in [2.24, 2.45) is 0 Å². The van der Waals surface area contributed by atoms with Crippen LogP contribution in [0.25, 0.3) is 10.9 Å². The van der Waals surface area contributed by atoms with Crippen LogP contribution in [0.1, 0.15) is 24.6 Å². The van der Waals surface area contributed by atoms with Crippen LogP contribution in [0.4, 0.5) is 0 Å². The molecule has 5 heteroatoms. The Labute approximate surface area is 145 Å². The van der Waals surface area contributed by atoms with Gasteiger partial charge in [0.25, 0.3) is 5.91 Å². The van der Waals surface area contributed by atoms with Gasteiger partial charge in [-0.2, -0.15) is 0 Å². The van der Waals surface area contributed by atoms with Crippen LogP contribution in [0.3, 0.4) is 0 Å². The number of allylic oxidation sites excluding steroid dienone is 1. The monoisotopic (exact) mass is 334 g/mol. The summed E-state index contributed by atoms with van der Waals surface area (Å²) in [6, 6.07) is 8.06. The Morgan fingerprint density at radius 2 is 2.12 bits per heavy atom. The first-order valence-corrected chi connectivity index (χ1v) is 8.46. The number of carbonyl (C=O) groups is 2. The van der Waals surface area contributed by atoms with Crippen molar-refractivity contribution in [2.75, 3.05) is 7.11 Å². The van der Waals surface area contributed by atoms with Crippen LogP contribution in [-0.2, 0) is 27.3 Å². The number of amides is 1. The molecule has 2 aromatic rings. The molecule has 1 amide bonds. The summed E-state index contributed by atoms with van der Waals surface area (Å²) in [6.45, 7) is 2.37.